The van der Waals surface area contributed by atoms with Crippen molar-refractivity contribution in [2.45, 2.75) is 26.9 Å². The first-order valence-electron chi connectivity index (χ1n) is 5.36. The van der Waals surface area contributed by atoms with Crippen LogP contribution in [0.3, 0.4) is 0 Å². The molecule has 0 radical (unpaired) electrons. The minimum absolute atomic E-state index is 0.444. The fraction of sp³-hybridized carbons (Fsp3) is 0.333. The van der Waals surface area contributed by atoms with Gasteiger partial charge in [-0.15, -0.1) is 5.10 Å². The third kappa shape index (κ3) is 1.97. The van der Waals surface area contributed by atoms with E-state index in [0.717, 1.165) is 17.9 Å². The van der Waals surface area contributed by atoms with Gasteiger partial charge in [-0.3, -0.25) is 0 Å². The number of benzene rings is 1. The normalized spacial score (nSPS) is 10.7. The van der Waals surface area contributed by atoms with Crippen molar-refractivity contribution in [2.24, 2.45) is 5.73 Å². The molecule has 2 aromatic rings. The molecule has 0 fully saturated rings. The van der Waals surface area contributed by atoms with Gasteiger partial charge in [0, 0.05) is 6.54 Å². The van der Waals surface area contributed by atoms with Crippen molar-refractivity contribution in [1.29, 1.82) is 0 Å². The van der Waals surface area contributed by atoms with Crippen LogP contribution in [0.5, 0.6) is 0 Å². The zero-order valence-electron chi connectivity index (χ0n) is 9.64. The summed E-state index contributed by atoms with van der Waals surface area (Å²) < 4.78 is 1.89. The summed E-state index contributed by atoms with van der Waals surface area (Å²) in [6.45, 7) is 5.30. The fourth-order valence-electron chi connectivity index (χ4n) is 1.68. The molecule has 2 N–H and O–H groups in total. The highest BCUT2D eigenvalue weighted by Gasteiger charge is 2.07. The lowest BCUT2D eigenvalue weighted by Crippen LogP contribution is -2.06. The van der Waals surface area contributed by atoms with E-state index in [0.29, 0.717) is 6.54 Å². The standard InChI is InChI=1S/C12H16N4/c1-9-5-3-4-6-11(9)8-16-10(2)12(7-13)14-15-16/h3-6H,7-8,13H2,1-2H3. The first-order chi connectivity index (χ1) is 7.72. The van der Waals surface area contributed by atoms with Gasteiger partial charge in [0.15, 0.2) is 0 Å². The van der Waals surface area contributed by atoms with Gasteiger partial charge in [0.05, 0.1) is 17.9 Å². The average molecular weight is 216 g/mol. The zero-order valence-corrected chi connectivity index (χ0v) is 9.64. The van der Waals surface area contributed by atoms with Crippen molar-refractivity contribution < 1.29 is 0 Å². The lowest BCUT2D eigenvalue weighted by molar-refractivity contribution is 0.631. The Hall–Kier alpha value is -1.68. The van der Waals surface area contributed by atoms with Crippen LogP contribution in [0.4, 0.5) is 0 Å². The molecule has 2 rings (SSSR count). The summed E-state index contributed by atoms with van der Waals surface area (Å²) in [5, 5.41) is 8.16. The Labute approximate surface area is 95.1 Å². The Morgan fingerprint density at radius 1 is 1.25 bits per heavy atom. The topological polar surface area (TPSA) is 56.7 Å². The van der Waals surface area contributed by atoms with E-state index in [1.807, 2.05) is 23.7 Å². The van der Waals surface area contributed by atoms with Crippen LogP contribution in [0, 0.1) is 13.8 Å². The molecule has 1 aromatic heterocycles. The van der Waals surface area contributed by atoms with Gasteiger partial charge in [0.1, 0.15) is 0 Å². The second kappa shape index (κ2) is 4.45. The van der Waals surface area contributed by atoms with Gasteiger partial charge < -0.3 is 5.73 Å². The van der Waals surface area contributed by atoms with E-state index >= 15 is 0 Å². The lowest BCUT2D eigenvalue weighted by atomic mass is 10.1. The van der Waals surface area contributed by atoms with Gasteiger partial charge >= 0.3 is 0 Å². The number of rotatable bonds is 3. The van der Waals surface area contributed by atoms with Gasteiger partial charge in [-0.25, -0.2) is 4.68 Å². The summed E-state index contributed by atoms with van der Waals surface area (Å²) >= 11 is 0. The summed E-state index contributed by atoms with van der Waals surface area (Å²) in [5.74, 6) is 0. The molecule has 1 heterocycles. The molecule has 4 nitrogen and oxygen atoms in total. The Bertz CT molecular complexity index is 488. The molecule has 0 saturated heterocycles. The molecule has 0 aliphatic heterocycles. The maximum absolute atomic E-state index is 5.57. The minimum Gasteiger partial charge on any atom is -0.325 e. The Kier molecular flexibility index (Phi) is 3.01. The largest absolute Gasteiger partial charge is 0.325 e. The first kappa shape index (κ1) is 10.8. The van der Waals surface area contributed by atoms with Crippen LogP contribution >= 0.6 is 0 Å². The highest BCUT2D eigenvalue weighted by Crippen LogP contribution is 2.11. The highest BCUT2D eigenvalue weighted by molar-refractivity contribution is 5.26. The molecule has 0 aliphatic rings. The van der Waals surface area contributed by atoms with E-state index in [1.165, 1.54) is 11.1 Å². The van der Waals surface area contributed by atoms with Crippen molar-refractivity contribution >= 4 is 0 Å². The Balaban J connectivity index is 2.27. The number of aryl methyl sites for hydroxylation is 1. The van der Waals surface area contributed by atoms with E-state index < -0.39 is 0 Å². The van der Waals surface area contributed by atoms with Crippen LogP contribution in [-0.4, -0.2) is 15.0 Å². The van der Waals surface area contributed by atoms with Gasteiger partial charge in [0.2, 0.25) is 0 Å². The lowest BCUT2D eigenvalue weighted by Gasteiger charge is -2.06. The van der Waals surface area contributed by atoms with Crippen LogP contribution in [-0.2, 0) is 13.1 Å². The molecule has 0 amide bonds. The average Bonchev–Trinajstić information content (AvgIpc) is 2.63. The summed E-state index contributed by atoms with van der Waals surface area (Å²) in [6, 6.07) is 8.29. The molecule has 0 spiro atoms. The van der Waals surface area contributed by atoms with Crippen LogP contribution < -0.4 is 5.73 Å². The highest BCUT2D eigenvalue weighted by atomic mass is 15.4. The number of hydrogen-bond acceptors (Lipinski definition) is 3. The van der Waals surface area contributed by atoms with Crippen molar-refractivity contribution in [3.05, 3.63) is 46.8 Å². The number of hydrogen-bond donors (Lipinski definition) is 1. The maximum atomic E-state index is 5.57. The SMILES string of the molecule is Cc1ccccc1Cn1nnc(CN)c1C. The van der Waals surface area contributed by atoms with Gasteiger partial charge in [-0.2, -0.15) is 0 Å². The van der Waals surface area contributed by atoms with Gasteiger partial charge in [-0.05, 0) is 25.0 Å². The molecular weight excluding hydrogens is 200 g/mol. The van der Waals surface area contributed by atoms with Crippen LogP contribution in [0.25, 0.3) is 0 Å². The Morgan fingerprint density at radius 2 is 2.00 bits per heavy atom. The van der Waals surface area contributed by atoms with E-state index in [9.17, 15) is 0 Å². The summed E-state index contributed by atoms with van der Waals surface area (Å²) in [5.41, 5.74) is 10.0. The molecule has 4 heteroatoms. The predicted octanol–water partition coefficient (Wildman–Crippen LogP) is 1.40. The third-order valence-corrected chi connectivity index (χ3v) is 2.85. The minimum atomic E-state index is 0.444. The number of nitrogens with zero attached hydrogens (tertiary/aromatic N) is 3. The van der Waals surface area contributed by atoms with Gasteiger partial charge in [-0.1, -0.05) is 29.5 Å². The van der Waals surface area contributed by atoms with E-state index in [2.05, 4.69) is 29.4 Å². The van der Waals surface area contributed by atoms with E-state index in [-0.39, 0.29) is 0 Å². The number of aromatic nitrogens is 3. The van der Waals surface area contributed by atoms with Gasteiger partial charge in [0.25, 0.3) is 0 Å². The maximum Gasteiger partial charge on any atom is 0.0991 e. The number of nitrogens with two attached hydrogens (primary N) is 1. The molecule has 0 atom stereocenters. The Morgan fingerprint density at radius 3 is 2.62 bits per heavy atom. The first-order valence-corrected chi connectivity index (χ1v) is 5.36. The monoisotopic (exact) mass is 216 g/mol. The molecule has 84 valence electrons. The van der Waals surface area contributed by atoms with Crippen molar-refractivity contribution in [3.8, 4) is 0 Å². The summed E-state index contributed by atoms with van der Waals surface area (Å²) in [6.07, 6.45) is 0. The molecule has 1 aromatic carbocycles. The molecule has 0 unspecified atom stereocenters. The van der Waals surface area contributed by atoms with Crippen LogP contribution in [0.15, 0.2) is 24.3 Å². The van der Waals surface area contributed by atoms with Crippen LogP contribution in [0.1, 0.15) is 22.5 Å². The molecule has 16 heavy (non-hydrogen) atoms. The van der Waals surface area contributed by atoms with E-state index in [4.69, 9.17) is 5.73 Å². The van der Waals surface area contributed by atoms with Crippen molar-refractivity contribution in [1.82, 2.24) is 15.0 Å². The molecule has 0 aliphatic carbocycles. The summed E-state index contributed by atoms with van der Waals surface area (Å²) in [4.78, 5) is 0. The molecular formula is C12H16N4. The van der Waals surface area contributed by atoms with E-state index in [1.54, 1.807) is 0 Å². The molecule has 0 bridgehead atoms. The van der Waals surface area contributed by atoms with Crippen LogP contribution in [0.2, 0.25) is 0 Å². The third-order valence-electron chi connectivity index (χ3n) is 2.85. The summed E-state index contributed by atoms with van der Waals surface area (Å²) in [7, 11) is 0. The quantitative estimate of drug-likeness (QED) is 0.843. The second-order valence-corrected chi connectivity index (χ2v) is 3.91. The predicted molar refractivity (Wildman–Crippen MR) is 62.9 cm³/mol. The second-order valence-electron chi connectivity index (χ2n) is 3.91. The van der Waals surface area contributed by atoms with Crippen molar-refractivity contribution in [3.63, 3.8) is 0 Å². The fourth-order valence-corrected chi connectivity index (χ4v) is 1.68. The van der Waals surface area contributed by atoms with Crippen molar-refractivity contribution in [2.75, 3.05) is 0 Å². The smallest absolute Gasteiger partial charge is 0.0991 e. The molecule has 0 saturated carbocycles. The zero-order chi connectivity index (χ0) is 11.5.